The van der Waals surface area contributed by atoms with Crippen molar-refractivity contribution in [2.75, 3.05) is 4.72 Å². The number of sulfonamides is 1. The van der Waals surface area contributed by atoms with Crippen LogP contribution in [0.3, 0.4) is 0 Å². The van der Waals surface area contributed by atoms with Gasteiger partial charge in [-0.05, 0) is 63.4 Å². The van der Waals surface area contributed by atoms with Crippen LogP contribution in [0.15, 0.2) is 32.2 Å². The van der Waals surface area contributed by atoms with Crippen molar-refractivity contribution in [3.05, 3.63) is 38.5 Å². The smallest absolute Gasteiger partial charge is 0.265 e. The van der Waals surface area contributed by atoms with Gasteiger partial charge in [-0.3, -0.25) is 9.82 Å². The summed E-state index contributed by atoms with van der Waals surface area (Å²) in [5.41, 5.74) is 1.97. The Morgan fingerprint density at radius 2 is 1.79 bits per heavy atom. The molecule has 2 N–H and O–H groups in total. The van der Waals surface area contributed by atoms with Crippen LogP contribution in [-0.2, 0) is 10.0 Å². The number of anilines is 1. The number of halogens is 2. The van der Waals surface area contributed by atoms with Gasteiger partial charge in [0.2, 0.25) is 0 Å². The zero-order valence-corrected chi connectivity index (χ0v) is 14.1. The molecule has 0 fully saturated rings. The fraction of sp³-hybridized carbons (Fsp3) is 0.182. The molecule has 1 aromatic heterocycles. The van der Waals surface area contributed by atoms with E-state index in [-0.39, 0.29) is 4.90 Å². The fourth-order valence-corrected chi connectivity index (χ4v) is 4.71. The predicted molar refractivity (Wildman–Crippen MR) is 80.7 cm³/mol. The molecule has 0 saturated carbocycles. The summed E-state index contributed by atoms with van der Waals surface area (Å²) in [6.07, 6.45) is 1.29. The van der Waals surface area contributed by atoms with E-state index >= 15 is 0 Å². The quantitative estimate of drug-likeness (QED) is 0.817. The SMILES string of the molecule is Cc1cc(Br)c(NS(=O)(=O)c2cn[nH]c2C)c(Br)c1. The Balaban J connectivity index is 2.45. The van der Waals surface area contributed by atoms with Crippen molar-refractivity contribution in [1.82, 2.24) is 10.2 Å². The molecule has 0 aliphatic rings. The summed E-state index contributed by atoms with van der Waals surface area (Å²) in [5.74, 6) is 0. The molecule has 102 valence electrons. The number of hydrogen-bond acceptors (Lipinski definition) is 3. The van der Waals surface area contributed by atoms with Gasteiger partial charge < -0.3 is 0 Å². The molecular weight excluding hydrogens is 398 g/mol. The molecule has 8 heteroatoms. The first kappa shape index (κ1) is 14.5. The first-order valence-electron chi connectivity index (χ1n) is 5.29. The number of rotatable bonds is 3. The predicted octanol–water partition coefficient (Wildman–Crippen LogP) is 3.35. The highest BCUT2D eigenvalue weighted by Crippen LogP contribution is 2.34. The summed E-state index contributed by atoms with van der Waals surface area (Å²) in [6, 6.07) is 3.68. The number of hydrogen-bond donors (Lipinski definition) is 2. The van der Waals surface area contributed by atoms with Crippen molar-refractivity contribution in [1.29, 1.82) is 0 Å². The number of nitrogens with zero attached hydrogens (tertiary/aromatic N) is 1. The molecule has 1 heterocycles. The van der Waals surface area contributed by atoms with Gasteiger partial charge in [0.1, 0.15) is 4.90 Å². The molecule has 1 aromatic carbocycles. The molecule has 2 aromatic rings. The van der Waals surface area contributed by atoms with E-state index in [9.17, 15) is 8.42 Å². The number of aromatic amines is 1. The molecule has 0 aliphatic carbocycles. The second kappa shape index (κ2) is 5.26. The van der Waals surface area contributed by atoms with E-state index < -0.39 is 10.0 Å². The number of aromatic nitrogens is 2. The van der Waals surface area contributed by atoms with Crippen LogP contribution in [0.25, 0.3) is 0 Å². The second-order valence-electron chi connectivity index (χ2n) is 4.07. The lowest BCUT2D eigenvalue weighted by molar-refractivity contribution is 0.600. The third kappa shape index (κ3) is 3.01. The van der Waals surface area contributed by atoms with Gasteiger partial charge in [-0.25, -0.2) is 8.42 Å². The number of benzene rings is 1. The Bertz CT molecular complexity index is 702. The maximum absolute atomic E-state index is 12.3. The highest BCUT2D eigenvalue weighted by atomic mass is 79.9. The first-order chi connectivity index (χ1) is 8.81. The van der Waals surface area contributed by atoms with E-state index in [0.717, 1.165) is 5.56 Å². The topological polar surface area (TPSA) is 74.8 Å². The minimum Gasteiger partial charge on any atom is -0.281 e. The Hall–Kier alpha value is -0.860. The van der Waals surface area contributed by atoms with Crippen molar-refractivity contribution in [3.8, 4) is 0 Å². The molecule has 2 rings (SSSR count). The number of H-pyrrole nitrogens is 1. The largest absolute Gasteiger partial charge is 0.281 e. The summed E-state index contributed by atoms with van der Waals surface area (Å²) >= 11 is 6.70. The average Bonchev–Trinajstić information content (AvgIpc) is 2.70. The average molecular weight is 409 g/mol. The molecule has 0 bridgehead atoms. The third-order valence-corrected chi connectivity index (χ3v) is 5.21. The molecule has 5 nitrogen and oxygen atoms in total. The van der Waals surface area contributed by atoms with Crippen molar-refractivity contribution in [2.24, 2.45) is 0 Å². The van der Waals surface area contributed by atoms with Crippen LogP contribution in [0.5, 0.6) is 0 Å². The Morgan fingerprint density at radius 1 is 1.21 bits per heavy atom. The minimum atomic E-state index is -3.66. The van der Waals surface area contributed by atoms with Crippen LogP contribution in [0.1, 0.15) is 11.3 Å². The van der Waals surface area contributed by atoms with Crippen molar-refractivity contribution in [3.63, 3.8) is 0 Å². The van der Waals surface area contributed by atoms with Crippen molar-refractivity contribution in [2.45, 2.75) is 18.7 Å². The Morgan fingerprint density at radius 3 is 2.26 bits per heavy atom. The molecule has 0 atom stereocenters. The van der Waals surface area contributed by atoms with Crippen LogP contribution in [-0.4, -0.2) is 18.6 Å². The van der Waals surface area contributed by atoms with Gasteiger partial charge >= 0.3 is 0 Å². The molecule has 19 heavy (non-hydrogen) atoms. The van der Waals surface area contributed by atoms with Crippen molar-refractivity contribution < 1.29 is 8.42 Å². The maximum atomic E-state index is 12.3. The van der Waals surface area contributed by atoms with E-state index in [1.807, 2.05) is 19.1 Å². The monoisotopic (exact) mass is 407 g/mol. The standard InChI is InChI=1S/C11H11Br2N3O2S/c1-6-3-8(12)11(9(13)4-6)16-19(17,18)10-5-14-15-7(10)2/h3-5,16H,1-2H3,(H,14,15). The van der Waals surface area contributed by atoms with E-state index in [2.05, 4.69) is 46.8 Å². The number of nitrogens with one attached hydrogen (secondary N) is 2. The van der Waals surface area contributed by atoms with E-state index in [1.165, 1.54) is 6.20 Å². The highest BCUT2D eigenvalue weighted by Gasteiger charge is 2.21. The van der Waals surface area contributed by atoms with Gasteiger partial charge in [0, 0.05) is 8.95 Å². The molecule has 0 amide bonds. The van der Waals surface area contributed by atoms with Gasteiger partial charge in [0.15, 0.2) is 0 Å². The maximum Gasteiger partial charge on any atom is 0.265 e. The van der Waals surface area contributed by atoms with Gasteiger partial charge in [0.25, 0.3) is 10.0 Å². The molecule has 0 radical (unpaired) electrons. The lowest BCUT2D eigenvalue weighted by atomic mass is 10.2. The molecule has 0 aliphatic heterocycles. The summed E-state index contributed by atoms with van der Waals surface area (Å²) in [4.78, 5) is 0.131. The fourth-order valence-electron chi connectivity index (χ4n) is 1.60. The van der Waals surface area contributed by atoms with E-state index in [1.54, 1.807) is 6.92 Å². The molecular formula is C11H11Br2N3O2S. The summed E-state index contributed by atoms with van der Waals surface area (Å²) < 4.78 is 28.4. The zero-order chi connectivity index (χ0) is 14.2. The molecule has 0 spiro atoms. The van der Waals surface area contributed by atoms with Crippen LogP contribution < -0.4 is 4.72 Å². The van der Waals surface area contributed by atoms with E-state index in [0.29, 0.717) is 20.3 Å². The lowest BCUT2D eigenvalue weighted by Crippen LogP contribution is -2.14. The lowest BCUT2D eigenvalue weighted by Gasteiger charge is -2.12. The van der Waals surface area contributed by atoms with Crippen molar-refractivity contribution >= 4 is 47.6 Å². The Labute approximate surface area is 128 Å². The van der Waals surface area contributed by atoms with Crippen LogP contribution in [0, 0.1) is 13.8 Å². The van der Waals surface area contributed by atoms with Crippen LogP contribution in [0.2, 0.25) is 0 Å². The van der Waals surface area contributed by atoms with Gasteiger partial charge in [-0.15, -0.1) is 0 Å². The normalized spacial score (nSPS) is 11.6. The third-order valence-electron chi connectivity index (χ3n) is 2.50. The molecule has 0 unspecified atom stereocenters. The van der Waals surface area contributed by atoms with Gasteiger partial charge in [-0.1, -0.05) is 0 Å². The second-order valence-corrected chi connectivity index (χ2v) is 7.43. The van der Waals surface area contributed by atoms with Crippen LogP contribution >= 0.6 is 31.9 Å². The minimum absolute atomic E-state index is 0.131. The van der Waals surface area contributed by atoms with Crippen LogP contribution in [0.4, 0.5) is 5.69 Å². The zero-order valence-electron chi connectivity index (χ0n) is 10.2. The molecule has 0 saturated heterocycles. The Kier molecular flexibility index (Phi) is 4.03. The van der Waals surface area contributed by atoms with E-state index in [4.69, 9.17) is 0 Å². The summed E-state index contributed by atoms with van der Waals surface area (Å²) in [7, 11) is -3.66. The van der Waals surface area contributed by atoms with Gasteiger partial charge in [-0.2, -0.15) is 5.10 Å². The summed E-state index contributed by atoms with van der Waals surface area (Å²) in [5, 5.41) is 6.33. The number of aryl methyl sites for hydroxylation is 2. The summed E-state index contributed by atoms with van der Waals surface area (Å²) in [6.45, 7) is 3.58. The van der Waals surface area contributed by atoms with Gasteiger partial charge in [0.05, 0.1) is 17.6 Å². The highest BCUT2D eigenvalue weighted by molar-refractivity contribution is 9.11. The first-order valence-corrected chi connectivity index (χ1v) is 8.36.